The molecule has 0 aliphatic carbocycles. The van der Waals surface area contributed by atoms with Crippen LogP contribution in [0.1, 0.15) is 39.1 Å². The quantitative estimate of drug-likeness (QED) is 0.911. The molecule has 0 spiro atoms. The summed E-state index contributed by atoms with van der Waals surface area (Å²) < 4.78 is 7.59. The molecule has 0 bridgehead atoms. The zero-order valence-corrected chi connectivity index (χ0v) is 13.7. The van der Waals surface area contributed by atoms with Crippen LogP contribution in [0.4, 0.5) is 4.79 Å². The highest BCUT2D eigenvalue weighted by Gasteiger charge is 2.17. The molecule has 1 aromatic rings. The fourth-order valence-corrected chi connectivity index (χ4v) is 2.21. The van der Waals surface area contributed by atoms with Crippen molar-refractivity contribution in [2.24, 2.45) is 0 Å². The molecule has 0 saturated heterocycles. The molecule has 0 atom stereocenters. The molecule has 1 heterocycles. The number of carbonyl (C=O) groups is 1. The first kappa shape index (κ1) is 16.5. The monoisotopic (exact) mass is 342 g/mol. The molecule has 0 unspecified atom stereocenters. The predicted molar refractivity (Wildman–Crippen MR) is 78.3 cm³/mol. The molecule has 0 aromatic carbocycles. The molecule has 0 aliphatic heterocycles. The number of aromatic nitrogens is 2. The van der Waals surface area contributed by atoms with E-state index in [-0.39, 0.29) is 0 Å². The number of halogens is 1. The van der Waals surface area contributed by atoms with Crippen LogP contribution in [-0.2, 0) is 17.7 Å². The molecule has 20 heavy (non-hydrogen) atoms. The number of alkyl carbamates (subject to hydrolysis) is 1. The van der Waals surface area contributed by atoms with Crippen LogP contribution in [0, 0.1) is 11.3 Å². The van der Waals surface area contributed by atoms with E-state index in [0.29, 0.717) is 29.7 Å². The Kier molecular flexibility index (Phi) is 5.57. The van der Waals surface area contributed by atoms with E-state index in [9.17, 15) is 4.79 Å². The van der Waals surface area contributed by atoms with Gasteiger partial charge in [-0.1, -0.05) is 0 Å². The lowest BCUT2D eigenvalue weighted by Gasteiger charge is -2.19. The molecule has 1 amide bonds. The second-order valence-electron chi connectivity index (χ2n) is 5.22. The van der Waals surface area contributed by atoms with Gasteiger partial charge in [-0.2, -0.15) is 10.4 Å². The van der Waals surface area contributed by atoms with Gasteiger partial charge in [0.1, 0.15) is 11.7 Å². The lowest BCUT2D eigenvalue weighted by atomic mass is 10.2. The van der Waals surface area contributed by atoms with Gasteiger partial charge in [0, 0.05) is 19.5 Å². The number of nitrogens with zero attached hydrogens (tertiary/aromatic N) is 3. The van der Waals surface area contributed by atoms with Gasteiger partial charge in [0.05, 0.1) is 10.2 Å². The summed E-state index contributed by atoms with van der Waals surface area (Å²) in [5, 5.41) is 15.8. The number of hydrogen-bond acceptors (Lipinski definition) is 4. The Morgan fingerprint density at radius 3 is 2.70 bits per heavy atom. The van der Waals surface area contributed by atoms with Crippen molar-refractivity contribution in [1.29, 1.82) is 5.26 Å². The van der Waals surface area contributed by atoms with E-state index in [1.165, 1.54) is 0 Å². The van der Waals surface area contributed by atoms with Crippen LogP contribution in [0.25, 0.3) is 0 Å². The van der Waals surface area contributed by atoms with Gasteiger partial charge in [0.25, 0.3) is 0 Å². The van der Waals surface area contributed by atoms with Crippen molar-refractivity contribution < 1.29 is 9.53 Å². The summed E-state index contributed by atoms with van der Waals surface area (Å²) in [4.78, 5) is 11.5. The van der Waals surface area contributed by atoms with Crippen molar-refractivity contribution in [3.05, 3.63) is 15.9 Å². The highest BCUT2D eigenvalue weighted by atomic mass is 79.9. The van der Waals surface area contributed by atoms with E-state index in [4.69, 9.17) is 10.00 Å². The van der Waals surface area contributed by atoms with Crippen molar-refractivity contribution in [2.45, 2.75) is 46.3 Å². The molecule has 1 aromatic heterocycles. The number of aryl methyl sites for hydroxylation is 1. The predicted octanol–water partition coefficient (Wildman–Crippen LogP) is 2.60. The van der Waals surface area contributed by atoms with Crippen molar-refractivity contribution in [3.63, 3.8) is 0 Å². The first-order valence-electron chi connectivity index (χ1n) is 6.40. The van der Waals surface area contributed by atoms with E-state index < -0.39 is 11.7 Å². The Labute approximate surface area is 127 Å². The first-order chi connectivity index (χ1) is 9.28. The third kappa shape index (κ3) is 4.53. The van der Waals surface area contributed by atoms with Crippen molar-refractivity contribution >= 4 is 22.0 Å². The molecule has 7 heteroatoms. The number of hydrogen-bond donors (Lipinski definition) is 1. The van der Waals surface area contributed by atoms with Gasteiger partial charge in [-0.05, 0) is 43.6 Å². The normalized spacial score (nSPS) is 11.0. The van der Waals surface area contributed by atoms with Gasteiger partial charge < -0.3 is 10.1 Å². The Balaban J connectivity index is 2.61. The molecule has 1 rings (SSSR count). The van der Waals surface area contributed by atoms with Crippen molar-refractivity contribution in [2.75, 3.05) is 6.54 Å². The fourth-order valence-electron chi connectivity index (χ4n) is 1.64. The van der Waals surface area contributed by atoms with Crippen molar-refractivity contribution in [1.82, 2.24) is 15.1 Å². The summed E-state index contributed by atoms with van der Waals surface area (Å²) in [5.41, 5.74) is 0.739. The zero-order valence-electron chi connectivity index (χ0n) is 12.2. The average molecular weight is 343 g/mol. The average Bonchev–Trinajstić information content (AvgIpc) is 2.64. The van der Waals surface area contributed by atoms with E-state index in [1.54, 1.807) is 4.68 Å². The number of amides is 1. The lowest BCUT2D eigenvalue weighted by molar-refractivity contribution is 0.0528. The van der Waals surface area contributed by atoms with Crippen LogP contribution >= 0.6 is 15.9 Å². The number of nitrogens with one attached hydrogen (secondary N) is 1. The summed E-state index contributed by atoms with van der Waals surface area (Å²) in [5.74, 6) is 0. The van der Waals surface area contributed by atoms with Crippen LogP contribution in [0.15, 0.2) is 4.47 Å². The maximum atomic E-state index is 11.5. The van der Waals surface area contributed by atoms with Crippen LogP contribution in [-0.4, -0.2) is 28.0 Å². The molecule has 0 aliphatic rings. The minimum absolute atomic E-state index is 0.360. The smallest absolute Gasteiger partial charge is 0.407 e. The third-order valence-electron chi connectivity index (χ3n) is 2.43. The molecule has 1 N–H and O–H groups in total. The number of nitriles is 1. The second kappa shape index (κ2) is 6.75. The lowest BCUT2D eigenvalue weighted by Crippen LogP contribution is -2.33. The SMILES string of the molecule is CCn1nc(C#N)c(Br)c1CCNC(=O)OC(C)(C)C. The fraction of sp³-hybridized carbons (Fsp3) is 0.615. The summed E-state index contributed by atoms with van der Waals surface area (Å²) >= 11 is 3.37. The maximum Gasteiger partial charge on any atom is 0.407 e. The summed E-state index contributed by atoms with van der Waals surface area (Å²) in [7, 11) is 0. The topological polar surface area (TPSA) is 79.9 Å². The second-order valence-corrected chi connectivity index (χ2v) is 6.01. The maximum absolute atomic E-state index is 11.5. The van der Waals surface area contributed by atoms with E-state index in [0.717, 1.165) is 5.69 Å². The van der Waals surface area contributed by atoms with Crippen LogP contribution in [0.5, 0.6) is 0 Å². The molecular weight excluding hydrogens is 324 g/mol. The van der Waals surface area contributed by atoms with Gasteiger partial charge in [0.15, 0.2) is 5.69 Å². The molecular formula is C13H19BrN4O2. The van der Waals surface area contributed by atoms with Gasteiger partial charge >= 0.3 is 6.09 Å². The Morgan fingerprint density at radius 1 is 1.55 bits per heavy atom. The standard InChI is InChI=1S/C13H19BrN4O2/c1-5-18-10(11(14)9(8-15)17-18)6-7-16-12(19)20-13(2,3)4/h5-7H2,1-4H3,(H,16,19). The van der Waals surface area contributed by atoms with Gasteiger partial charge in [0.2, 0.25) is 0 Å². The van der Waals surface area contributed by atoms with Crippen molar-refractivity contribution in [3.8, 4) is 6.07 Å². The van der Waals surface area contributed by atoms with Crippen LogP contribution < -0.4 is 5.32 Å². The molecule has 110 valence electrons. The zero-order chi connectivity index (χ0) is 15.3. The van der Waals surface area contributed by atoms with E-state index in [2.05, 4.69) is 26.3 Å². The minimum atomic E-state index is -0.510. The Morgan fingerprint density at radius 2 is 2.20 bits per heavy atom. The highest BCUT2D eigenvalue weighted by molar-refractivity contribution is 9.10. The number of rotatable bonds is 4. The molecule has 0 fully saturated rings. The highest BCUT2D eigenvalue weighted by Crippen LogP contribution is 2.21. The molecule has 6 nitrogen and oxygen atoms in total. The minimum Gasteiger partial charge on any atom is -0.444 e. The van der Waals surface area contributed by atoms with Gasteiger partial charge in [-0.15, -0.1) is 0 Å². The molecule has 0 radical (unpaired) electrons. The van der Waals surface area contributed by atoms with Crippen LogP contribution in [0.3, 0.4) is 0 Å². The number of carbonyl (C=O) groups excluding carboxylic acids is 1. The Hall–Kier alpha value is -1.55. The summed E-state index contributed by atoms with van der Waals surface area (Å²) in [6, 6.07) is 2.03. The number of ether oxygens (including phenoxy) is 1. The van der Waals surface area contributed by atoms with Gasteiger partial charge in [-0.3, -0.25) is 4.68 Å². The summed E-state index contributed by atoms with van der Waals surface area (Å²) in [6.45, 7) is 8.48. The molecule has 0 saturated carbocycles. The van der Waals surface area contributed by atoms with E-state index >= 15 is 0 Å². The summed E-state index contributed by atoms with van der Waals surface area (Å²) in [6.07, 6.45) is 0.124. The first-order valence-corrected chi connectivity index (χ1v) is 7.20. The third-order valence-corrected chi connectivity index (χ3v) is 3.26. The van der Waals surface area contributed by atoms with Crippen LogP contribution in [0.2, 0.25) is 0 Å². The Bertz CT molecular complexity index is 526. The van der Waals surface area contributed by atoms with E-state index in [1.807, 2.05) is 33.8 Å². The van der Waals surface area contributed by atoms with Gasteiger partial charge in [-0.25, -0.2) is 4.79 Å². The largest absolute Gasteiger partial charge is 0.444 e.